The predicted octanol–water partition coefficient (Wildman–Crippen LogP) is 5.41. The van der Waals surface area contributed by atoms with Crippen molar-refractivity contribution in [2.45, 2.75) is 64.7 Å². The Morgan fingerprint density at radius 3 is 2.32 bits per heavy atom. The van der Waals surface area contributed by atoms with E-state index in [2.05, 4.69) is 13.5 Å². The number of hydrogen-bond donors (Lipinski definition) is 1. The largest absolute Gasteiger partial charge is 0.507 e. The molecule has 0 aliphatic rings. The lowest BCUT2D eigenvalue weighted by Gasteiger charge is -2.08. The highest BCUT2D eigenvalue weighted by atomic mass is 16.3. The third-order valence-electron chi connectivity index (χ3n) is 3.62. The van der Waals surface area contributed by atoms with Crippen LogP contribution >= 0.6 is 0 Å². The Hall–Kier alpha value is -1.24. The smallest absolute Gasteiger partial charge is 0.122 e. The summed E-state index contributed by atoms with van der Waals surface area (Å²) < 4.78 is 0. The number of phenols is 1. The summed E-state index contributed by atoms with van der Waals surface area (Å²) in [5.41, 5.74) is 2.09. The zero-order chi connectivity index (χ0) is 13.9. The van der Waals surface area contributed by atoms with E-state index in [1.165, 1.54) is 44.9 Å². The summed E-state index contributed by atoms with van der Waals surface area (Å²) in [6, 6.07) is 6.05. The van der Waals surface area contributed by atoms with E-state index in [1.54, 1.807) is 0 Å². The molecule has 1 aromatic carbocycles. The van der Waals surface area contributed by atoms with Gasteiger partial charge in [0.2, 0.25) is 0 Å². The average molecular weight is 260 g/mol. The normalized spacial score (nSPS) is 10.6. The van der Waals surface area contributed by atoms with Gasteiger partial charge in [-0.15, -0.1) is 6.58 Å². The molecule has 0 amide bonds. The van der Waals surface area contributed by atoms with Crippen molar-refractivity contribution in [2.24, 2.45) is 0 Å². The number of para-hydroxylation sites is 1. The molecule has 0 heterocycles. The number of phenolic OH excluding ortho intramolecular Hbond substituents is 1. The van der Waals surface area contributed by atoms with E-state index in [0.29, 0.717) is 5.75 Å². The zero-order valence-electron chi connectivity index (χ0n) is 12.3. The van der Waals surface area contributed by atoms with Gasteiger partial charge < -0.3 is 5.11 Å². The maximum atomic E-state index is 10.1. The molecule has 0 saturated heterocycles. The highest BCUT2D eigenvalue weighted by Gasteiger charge is 2.05. The summed E-state index contributed by atoms with van der Waals surface area (Å²) in [7, 11) is 0. The summed E-state index contributed by atoms with van der Waals surface area (Å²) in [5.74, 6) is 0.480. The maximum Gasteiger partial charge on any atom is 0.122 e. The molecule has 0 spiro atoms. The van der Waals surface area contributed by atoms with Crippen molar-refractivity contribution in [3.05, 3.63) is 42.0 Å². The third-order valence-corrected chi connectivity index (χ3v) is 3.62. The van der Waals surface area contributed by atoms with Gasteiger partial charge in [0.1, 0.15) is 5.75 Å². The fraction of sp³-hybridized carbons (Fsp3) is 0.556. The van der Waals surface area contributed by atoms with E-state index in [4.69, 9.17) is 0 Å². The van der Waals surface area contributed by atoms with Crippen LogP contribution in [0.15, 0.2) is 30.9 Å². The van der Waals surface area contributed by atoms with E-state index < -0.39 is 0 Å². The van der Waals surface area contributed by atoms with Gasteiger partial charge in [0.05, 0.1) is 0 Å². The van der Waals surface area contributed by atoms with Gasteiger partial charge in [0, 0.05) is 0 Å². The van der Waals surface area contributed by atoms with Gasteiger partial charge in [-0.05, 0) is 30.4 Å². The van der Waals surface area contributed by atoms with Crippen LogP contribution in [0.25, 0.3) is 0 Å². The zero-order valence-corrected chi connectivity index (χ0v) is 12.3. The van der Waals surface area contributed by atoms with Gasteiger partial charge in [0.25, 0.3) is 0 Å². The van der Waals surface area contributed by atoms with E-state index in [0.717, 1.165) is 24.0 Å². The minimum atomic E-state index is 0.480. The van der Waals surface area contributed by atoms with Crippen molar-refractivity contribution in [3.63, 3.8) is 0 Å². The summed E-state index contributed by atoms with van der Waals surface area (Å²) >= 11 is 0. The standard InChI is InChI=1S/C18H28O/c1-3-5-6-7-8-9-10-13-17-15-11-14-16(12-4-2)18(17)19/h4,11,14-15,19H,2-3,5-10,12-13H2,1H3. The molecule has 0 aliphatic heterocycles. The van der Waals surface area contributed by atoms with Gasteiger partial charge in [0.15, 0.2) is 0 Å². The molecule has 19 heavy (non-hydrogen) atoms. The molecule has 0 aliphatic carbocycles. The van der Waals surface area contributed by atoms with Gasteiger partial charge >= 0.3 is 0 Å². The molecule has 0 bridgehead atoms. The first-order valence-electron chi connectivity index (χ1n) is 7.70. The number of aryl methyl sites for hydroxylation is 1. The molecule has 1 N–H and O–H groups in total. The van der Waals surface area contributed by atoms with Crippen LogP contribution in [0.1, 0.15) is 63.0 Å². The first-order chi connectivity index (χ1) is 9.29. The van der Waals surface area contributed by atoms with Crippen LogP contribution in [-0.4, -0.2) is 5.11 Å². The van der Waals surface area contributed by atoms with E-state index in [1.807, 2.05) is 24.3 Å². The first kappa shape index (κ1) is 15.8. The van der Waals surface area contributed by atoms with Gasteiger partial charge in [-0.3, -0.25) is 0 Å². The topological polar surface area (TPSA) is 20.2 Å². The summed E-state index contributed by atoms with van der Waals surface area (Å²) in [4.78, 5) is 0. The molecule has 0 atom stereocenters. The molecule has 0 aromatic heterocycles. The Balaban J connectivity index is 2.29. The number of hydrogen-bond acceptors (Lipinski definition) is 1. The Morgan fingerprint density at radius 1 is 1.00 bits per heavy atom. The molecular weight excluding hydrogens is 232 g/mol. The highest BCUT2D eigenvalue weighted by Crippen LogP contribution is 2.25. The fourth-order valence-electron chi connectivity index (χ4n) is 2.44. The van der Waals surface area contributed by atoms with Crippen LogP contribution in [0.4, 0.5) is 0 Å². The number of unbranched alkanes of at least 4 members (excludes halogenated alkanes) is 6. The number of allylic oxidation sites excluding steroid dienone is 1. The van der Waals surface area contributed by atoms with Crippen LogP contribution in [0.3, 0.4) is 0 Å². The Morgan fingerprint density at radius 2 is 1.63 bits per heavy atom. The van der Waals surface area contributed by atoms with Crippen molar-refractivity contribution in [3.8, 4) is 5.75 Å². The van der Waals surface area contributed by atoms with Crippen molar-refractivity contribution in [2.75, 3.05) is 0 Å². The molecule has 1 rings (SSSR count). The minimum Gasteiger partial charge on any atom is -0.507 e. The monoisotopic (exact) mass is 260 g/mol. The maximum absolute atomic E-state index is 10.1. The molecule has 1 nitrogen and oxygen atoms in total. The van der Waals surface area contributed by atoms with Crippen LogP contribution in [-0.2, 0) is 12.8 Å². The van der Waals surface area contributed by atoms with Crippen LogP contribution in [0.5, 0.6) is 5.75 Å². The number of rotatable bonds is 10. The van der Waals surface area contributed by atoms with Gasteiger partial charge in [-0.2, -0.15) is 0 Å². The lowest BCUT2D eigenvalue weighted by molar-refractivity contribution is 0.460. The SMILES string of the molecule is C=CCc1cccc(CCCCCCCCC)c1O. The molecule has 0 saturated carbocycles. The molecule has 106 valence electrons. The average Bonchev–Trinajstić information content (AvgIpc) is 2.42. The van der Waals surface area contributed by atoms with Crippen molar-refractivity contribution in [1.29, 1.82) is 0 Å². The lowest BCUT2D eigenvalue weighted by Crippen LogP contribution is -1.91. The highest BCUT2D eigenvalue weighted by molar-refractivity contribution is 5.41. The second-order valence-electron chi connectivity index (χ2n) is 5.29. The summed E-state index contributed by atoms with van der Waals surface area (Å²) in [5, 5.41) is 10.1. The van der Waals surface area contributed by atoms with E-state index >= 15 is 0 Å². The Kier molecular flexibility index (Phi) is 8.04. The van der Waals surface area contributed by atoms with Crippen LogP contribution < -0.4 is 0 Å². The first-order valence-corrected chi connectivity index (χ1v) is 7.70. The molecule has 1 aromatic rings. The Labute approximate surface area is 118 Å². The summed E-state index contributed by atoms with van der Waals surface area (Å²) in [6.07, 6.45) is 12.8. The van der Waals surface area contributed by atoms with E-state index in [9.17, 15) is 5.11 Å². The molecule has 0 fully saturated rings. The predicted molar refractivity (Wildman–Crippen MR) is 83.7 cm³/mol. The van der Waals surface area contributed by atoms with E-state index in [-0.39, 0.29) is 0 Å². The second kappa shape index (κ2) is 9.66. The quantitative estimate of drug-likeness (QED) is 0.440. The van der Waals surface area contributed by atoms with Crippen LogP contribution in [0.2, 0.25) is 0 Å². The Bertz CT molecular complexity index is 368. The van der Waals surface area contributed by atoms with Gasteiger partial charge in [-0.1, -0.05) is 69.7 Å². The number of aromatic hydroxyl groups is 1. The van der Waals surface area contributed by atoms with Gasteiger partial charge in [-0.25, -0.2) is 0 Å². The molecule has 0 unspecified atom stereocenters. The van der Waals surface area contributed by atoms with Crippen LogP contribution in [0, 0.1) is 0 Å². The van der Waals surface area contributed by atoms with Crippen molar-refractivity contribution < 1.29 is 5.11 Å². The molecule has 0 radical (unpaired) electrons. The lowest BCUT2D eigenvalue weighted by atomic mass is 10.0. The molecule has 1 heteroatoms. The van der Waals surface area contributed by atoms with Crippen molar-refractivity contribution >= 4 is 0 Å². The minimum absolute atomic E-state index is 0.480. The molecular formula is C18H28O. The fourth-order valence-corrected chi connectivity index (χ4v) is 2.44. The summed E-state index contributed by atoms with van der Waals surface area (Å²) in [6.45, 7) is 5.98. The third kappa shape index (κ3) is 5.96. The van der Waals surface area contributed by atoms with Crippen molar-refractivity contribution in [1.82, 2.24) is 0 Å². The second-order valence-corrected chi connectivity index (χ2v) is 5.29. The number of benzene rings is 1.